The number of ether oxygens (including phenoxy) is 2. The Labute approximate surface area is 162 Å². The number of para-hydroxylation sites is 1. The number of pyridine rings is 1. The number of aromatic nitrogens is 1. The highest BCUT2D eigenvalue weighted by molar-refractivity contribution is 6.12. The minimum Gasteiger partial charge on any atom is -0.482 e. The van der Waals surface area contributed by atoms with Crippen molar-refractivity contribution in [2.75, 3.05) is 19.0 Å². The molecule has 1 aromatic heterocycles. The summed E-state index contributed by atoms with van der Waals surface area (Å²) in [6, 6.07) is 16.4. The zero-order valence-corrected chi connectivity index (χ0v) is 15.5. The Morgan fingerprint density at radius 1 is 1.11 bits per heavy atom. The Hall–Kier alpha value is -3.41. The van der Waals surface area contributed by atoms with Crippen molar-refractivity contribution in [3.05, 3.63) is 65.9 Å². The van der Waals surface area contributed by atoms with Gasteiger partial charge in [-0.2, -0.15) is 0 Å². The van der Waals surface area contributed by atoms with Gasteiger partial charge in [0.1, 0.15) is 5.75 Å². The number of nitrogens with zero attached hydrogens (tertiary/aromatic N) is 1. The molecule has 1 saturated carbocycles. The Morgan fingerprint density at radius 3 is 2.57 bits per heavy atom. The molecule has 142 valence electrons. The third kappa shape index (κ3) is 3.96. The van der Waals surface area contributed by atoms with E-state index in [1.807, 2.05) is 30.3 Å². The topological polar surface area (TPSA) is 77.5 Å². The van der Waals surface area contributed by atoms with Crippen molar-refractivity contribution in [3.8, 4) is 5.75 Å². The number of amides is 1. The monoisotopic (exact) mass is 376 g/mol. The van der Waals surface area contributed by atoms with Gasteiger partial charge in [-0.25, -0.2) is 4.79 Å². The number of fused-ring (bicyclic) bond motifs is 1. The molecule has 0 radical (unpaired) electrons. The normalized spacial score (nSPS) is 13.2. The number of anilines is 1. The first-order valence-electron chi connectivity index (χ1n) is 9.15. The van der Waals surface area contributed by atoms with E-state index < -0.39 is 5.97 Å². The number of esters is 1. The summed E-state index contributed by atoms with van der Waals surface area (Å²) >= 11 is 0. The summed E-state index contributed by atoms with van der Waals surface area (Å²) < 4.78 is 9.85. The first kappa shape index (κ1) is 18.0. The molecule has 1 N–H and O–H groups in total. The van der Waals surface area contributed by atoms with Crippen LogP contribution >= 0.6 is 0 Å². The highest BCUT2D eigenvalue weighted by Crippen LogP contribution is 2.40. The summed E-state index contributed by atoms with van der Waals surface area (Å²) in [7, 11) is 1.31. The first-order valence-corrected chi connectivity index (χ1v) is 9.15. The predicted molar refractivity (Wildman–Crippen MR) is 106 cm³/mol. The molecule has 1 aliphatic carbocycles. The van der Waals surface area contributed by atoms with Crippen LogP contribution in [0.5, 0.6) is 5.75 Å². The van der Waals surface area contributed by atoms with E-state index in [0.717, 1.165) is 29.4 Å². The molecule has 1 aliphatic rings. The van der Waals surface area contributed by atoms with Crippen molar-refractivity contribution >= 4 is 28.5 Å². The quantitative estimate of drug-likeness (QED) is 0.660. The standard InChI is InChI=1S/C22H20N2O4/c1-27-21(25)13-28-16-10-8-15(9-11-16)23-22(26)18-12-20(14-6-7-14)24-19-5-3-2-4-17(18)19/h2-5,8-12,14H,6-7,13H2,1H3,(H,23,26). The van der Waals surface area contributed by atoms with Gasteiger partial charge in [0.25, 0.3) is 5.91 Å². The average Bonchev–Trinajstić information content (AvgIpc) is 3.57. The van der Waals surface area contributed by atoms with Gasteiger partial charge in [-0.3, -0.25) is 9.78 Å². The van der Waals surface area contributed by atoms with Gasteiger partial charge in [0.15, 0.2) is 6.61 Å². The minimum absolute atomic E-state index is 0.158. The van der Waals surface area contributed by atoms with Gasteiger partial charge < -0.3 is 14.8 Å². The van der Waals surface area contributed by atoms with E-state index >= 15 is 0 Å². The van der Waals surface area contributed by atoms with Crippen molar-refractivity contribution in [1.29, 1.82) is 0 Å². The predicted octanol–water partition coefficient (Wildman–Crippen LogP) is 3.92. The van der Waals surface area contributed by atoms with Crippen LogP contribution < -0.4 is 10.1 Å². The van der Waals surface area contributed by atoms with Gasteiger partial charge in [-0.05, 0) is 49.2 Å². The summed E-state index contributed by atoms with van der Waals surface area (Å²) in [4.78, 5) is 28.8. The van der Waals surface area contributed by atoms with Crippen LogP contribution in [0.4, 0.5) is 5.69 Å². The van der Waals surface area contributed by atoms with E-state index in [1.54, 1.807) is 24.3 Å². The highest BCUT2D eigenvalue weighted by Gasteiger charge is 2.27. The van der Waals surface area contributed by atoms with Crippen molar-refractivity contribution < 1.29 is 19.1 Å². The Bertz CT molecular complexity index is 1030. The summed E-state index contributed by atoms with van der Waals surface area (Å²) in [6.45, 7) is -0.158. The molecule has 4 rings (SSSR count). The molecule has 0 saturated heterocycles. The van der Waals surface area contributed by atoms with Crippen molar-refractivity contribution in [2.24, 2.45) is 0 Å². The van der Waals surface area contributed by atoms with E-state index in [0.29, 0.717) is 22.9 Å². The smallest absolute Gasteiger partial charge is 0.343 e. The van der Waals surface area contributed by atoms with E-state index in [4.69, 9.17) is 9.72 Å². The van der Waals surface area contributed by atoms with E-state index in [1.165, 1.54) is 7.11 Å². The lowest BCUT2D eigenvalue weighted by atomic mass is 10.1. The molecular weight excluding hydrogens is 356 g/mol. The highest BCUT2D eigenvalue weighted by atomic mass is 16.6. The van der Waals surface area contributed by atoms with Crippen LogP contribution in [-0.2, 0) is 9.53 Å². The molecule has 0 aliphatic heterocycles. The molecule has 0 spiro atoms. The number of hydrogen-bond acceptors (Lipinski definition) is 5. The van der Waals surface area contributed by atoms with Gasteiger partial charge in [0.05, 0.1) is 18.2 Å². The molecule has 6 heteroatoms. The van der Waals surface area contributed by atoms with Gasteiger partial charge in [0, 0.05) is 22.7 Å². The van der Waals surface area contributed by atoms with Crippen LogP contribution in [0.15, 0.2) is 54.6 Å². The zero-order valence-electron chi connectivity index (χ0n) is 15.5. The lowest BCUT2D eigenvalue weighted by molar-refractivity contribution is -0.142. The van der Waals surface area contributed by atoms with E-state index in [2.05, 4.69) is 10.1 Å². The van der Waals surface area contributed by atoms with Gasteiger partial charge >= 0.3 is 5.97 Å². The molecule has 3 aromatic rings. The number of hydrogen-bond donors (Lipinski definition) is 1. The van der Waals surface area contributed by atoms with Crippen LogP contribution in [0.1, 0.15) is 34.8 Å². The molecule has 6 nitrogen and oxygen atoms in total. The number of methoxy groups -OCH3 is 1. The maximum atomic E-state index is 12.9. The van der Waals surface area contributed by atoms with Crippen molar-refractivity contribution in [2.45, 2.75) is 18.8 Å². The average molecular weight is 376 g/mol. The first-order chi connectivity index (χ1) is 13.6. The maximum Gasteiger partial charge on any atom is 0.343 e. The number of carbonyl (C=O) groups is 2. The third-order valence-electron chi connectivity index (χ3n) is 4.67. The van der Waals surface area contributed by atoms with Crippen LogP contribution in [0.25, 0.3) is 10.9 Å². The molecule has 1 amide bonds. The minimum atomic E-state index is -0.451. The van der Waals surface area contributed by atoms with Crippen LogP contribution in [0.2, 0.25) is 0 Å². The van der Waals surface area contributed by atoms with E-state index in [-0.39, 0.29) is 12.5 Å². The second-order valence-corrected chi connectivity index (χ2v) is 6.73. The number of carbonyl (C=O) groups excluding carboxylic acids is 2. The number of nitrogens with one attached hydrogen (secondary N) is 1. The Kier molecular flexibility index (Phi) is 4.93. The molecule has 2 aromatic carbocycles. The summed E-state index contributed by atoms with van der Waals surface area (Å²) in [5.74, 6) is 0.355. The Balaban J connectivity index is 1.53. The van der Waals surface area contributed by atoms with Crippen LogP contribution in [0, 0.1) is 0 Å². The van der Waals surface area contributed by atoms with Crippen molar-refractivity contribution in [3.63, 3.8) is 0 Å². The molecule has 0 atom stereocenters. The summed E-state index contributed by atoms with van der Waals surface area (Å²) in [6.07, 6.45) is 2.25. The maximum absolute atomic E-state index is 12.9. The fourth-order valence-corrected chi connectivity index (χ4v) is 3.01. The van der Waals surface area contributed by atoms with Gasteiger partial charge in [0.2, 0.25) is 0 Å². The van der Waals surface area contributed by atoms with E-state index in [9.17, 15) is 9.59 Å². The second-order valence-electron chi connectivity index (χ2n) is 6.73. The molecule has 28 heavy (non-hydrogen) atoms. The molecule has 1 heterocycles. The fraction of sp³-hybridized carbons (Fsp3) is 0.227. The van der Waals surface area contributed by atoms with Crippen molar-refractivity contribution in [1.82, 2.24) is 4.98 Å². The molecule has 0 unspecified atom stereocenters. The summed E-state index contributed by atoms with van der Waals surface area (Å²) in [5, 5.41) is 3.76. The lowest BCUT2D eigenvalue weighted by Gasteiger charge is -2.11. The lowest BCUT2D eigenvalue weighted by Crippen LogP contribution is -2.14. The zero-order chi connectivity index (χ0) is 19.5. The van der Waals surface area contributed by atoms with Crippen LogP contribution in [-0.4, -0.2) is 30.6 Å². The molecular formula is C22H20N2O4. The second kappa shape index (κ2) is 7.68. The van der Waals surface area contributed by atoms with Crippen LogP contribution in [0.3, 0.4) is 0 Å². The van der Waals surface area contributed by atoms with Gasteiger partial charge in [-0.15, -0.1) is 0 Å². The summed E-state index contributed by atoms with van der Waals surface area (Å²) in [5.41, 5.74) is 3.09. The largest absolute Gasteiger partial charge is 0.482 e. The molecule has 1 fully saturated rings. The number of rotatable bonds is 6. The Morgan fingerprint density at radius 2 is 1.86 bits per heavy atom. The van der Waals surface area contributed by atoms with Gasteiger partial charge in [-0.1, -0.05) is 18.2 Å². The SMILES string of the molecule is COC(=O)COc1ccc(NC(=O)c2cc(C3CC3)nc3ccccc23)cc1. The molecule has 0 bridgehead atoms. The fourth-order valence-electron chi connectivity index (χ4n) is 3.01. The third-order valence-corrected chi connectivity index (χ3v) is 4.67. The number of benzene rings is 2.